The number of amides is 1. The molecule has 7 nitrogen and oxygen atoms in total. The summed E-state index contributed by atoms with van der Waals surface area (Å²) < 4.78 is 10.5. The van der Waals surface area contributed by atoms with E-state index in [1.807, 2.05) is 55.5 Å². The van der Waals surface area contributed by atoms with E-state index in [4.69, 9.17) is 9.47 Å². The molecule has 28 heavy (non-hydrogen) atoms. The van der Waals surface area contributed by atoms with Crippen LogP contribution in [0.2, 0.25) is 0 Å². The highest BCUT2D eigenvalue weighted by molar-refractivity contribution is 8.00. The molecule has 0 aliphatic heterocycles. The molecule has 0 saturated heterocycles. The number of ether oxygens (including phenoxy) is 2. The van der Waals surface area contributed by atoms with Crippen molar-refractivity contribution in [1.29, 1.82) is 0 Å². The van der Waals surface area contributed by atoms with Gasteiger partial charge in [-0.25, -0.2) is 4.98 Å². The highest BCUT2D eigenvalue weighted by Crippen LogP contribution is 2.24. The van der Waals surface area contributed by atoms with Crippen molar-refractivity contribution in [3.63, 3.8) is 0 Å². The first-order chi connectivity index (χ1) is 13.6. The van der Waals surface area contributed by atoms with E-state index in [2.05, 4.69) is 20.5 Å². The van der Waals surface area contributed by atoms with Gasteiger partial charge in [0.05, 0.1) is 19.5 Å². The number of para-hydroxylation sites is 1. The van der Waals surface area contributed by atoms with Crippen molar-refractivity contribution in [3.8, 4) is 22.9 Å². The summed E-state index contributed by atoms with van der Waals surface area (Å²) in [7, 11) is 3.24. The van der Waals surface area contributed by atoms with Gasteiger partial charge in [-0.05, 0) is 37.3 Å². The molecule has 1 atom stereocenters. The van der Waals surface area contributed by atoms with Gasteiger partial charge >= 0.3 is 0 Å². The van der Waals surface area contributed by atoms with Gasteiger partial charge < -0.3 is 14.8 Å². The average molecular weight is 398 g/mol. The standard InChI is InChI=1S/C20H22N4O3S/c1-13(19(25)21-12-15-6-4-5-7-17(15)27-3)28-20-22-18(23-24-20)14-8-10-16(26-2)11-9-14/h4-11,13H,12H2,1-3H3,(H,21,25)(H,22,23,24)/t13-/m1/s1. The lowest BCUT2D eigenvalue weighted by Gasteiger charge is -2.12. The van der Waals surface area contributed by atoms with Gasteiger partial charge in [-0.15, -0.1) is 5.10 Å². The number of hydrogen-bond donors (Lipinski definition) is 2. The maximum atomic E-state index is 12.4. The molecule has 1 amide bonds. The molecule has 0 bridgehead atoms. The summed E-state index contributed by atoms with van der Waals surface area (Å²) in [6.07, 6.45) is 0. The molecule has 0 spiro atoms. The molecule has 8 heteroatoms. The number of benzene rings is 2. The molecule has 1 aromatic heterocycles. The smallest absolute Gasteiger partial charge is 0.233 e. The first kappa shape index (κ1) is 19.8. The van der Waals surface area contributed by atoms with Crippen molar-refractivity contribution >= 4 is 17.7 Å². The highest BCUT2D eigenvalue weighted by atomic mass is 32.2. The Labute approximate surface area is 167 Å². The molecule has 2 N–H and O–H groups in total. The monoisotopic (exact) mass is 398 g/mol. The summed E-state index contributed by atoms with van der Waals surface area (Å²) in [6.45, 7) is 2.23. The zero-order chi connectivity index (χ0) is 19.9. The SMILES string of the molecule is COc1ccc(-c2nc(S[C@H](C)C(=O)NCc3ccccc3OC)n[nH]2)cc1. The van der Waals surface area contributed by atoms with E-state index in [9.17, 15) is 4.79 Å². The van der Waals surface area contributed by atoms with Crippen LogP contribution in [0.5, 0.6) is 11.5 Å². The number of H-pyrrole nitrogens is 1. The number of carbonyl (C=O) groups is 1. The molecular formula is C20H22N4O3S. The Morgan fingerprint density at radius 3 is 2.61 bits per heavy atom. The largest absolute Gasteiger partial charge is 0.497 e. The Hall–Kier alpha value is -3.00. The third kappa shape index (κ3) is 4.83. The predicted molar refractivity (Wildman–Crippen MR) is 109 cm³/mol. The zero-order valence-corrected chi connectivity index (χ0v) is 16.7. The van der Waals surface area contributed by atoms with Crippen LogP contribution < -0.4 is 14.8 Å². The Kier molecular flexibility index (Phi) is 6.54. The van der Waals surface area contributed by atoms with Crippen molar-refractivity contribution in [2.24, 2.45) is 0 Å². The van der Waals surface area contributed by atoms with E-state index in [1.165, 1.54) is 11.8 Å². The fourth-order valence-corrected chi connectivity index (χ4v) is 3.31. The van der Waals surface area contributed by atoms with E-state index in [1.54, 1.807) is 14.2 Å². The van der Waals surface area contributed by atoms with Crippen LogP contribution in [-0.4, -0.2) is 40.6 Å². The molecule has 0 radical (unpaired) electrons. The first-order valence-corrected chi connectivity index (χ1v) is 9.61. The molecule has 0 saturated carbocycles. The number of aromatic amines is 1. The fourth-order valence-electron chi connectivity index (χ4n) is 2.56. The number of carbonyl (C=O) groups excluding carboxylic acids is 1. The van der Waals surface area contributed by atoms with Crippen LogP contribution in [-0.2, 0) is 11.3 Å². The van der Waals surface area contributed by atoms with Gasteiger partial charge in [0.25, 0.3) is 0 Å². The third-order valence-corrected chi connectivity index (χ3v) is 5.09. The van der Waals surface area contributed by atoms with Gasteiger partial charge in [0.15, 0.2) is 5.82 Å². The third-order valence-electron chi connectivity index (χ3n) is 4.13. The number of aromatic nitrogens is 3. The maximum Gasteiger partial charge on any atom is 0.233 e. The zero-order valence-electron chi connectivity index (χ0n) is 15.9. The average Bonchev–Trinajstić information content (AvgIpc) is 3.20. The molecule has 0 aliphatic rings. The van der Waals surface area contributed by atoms with Crippen LogP contribution >= 0.6 is 11.8 Å². The molecule has 0 unspecified atom stereocenters. The van der Waals surface area contributed by atoms with E-state index >= 15 is 0 Å². The summed E-state index contributed by atoms with van der Waals surface area (Å²) >= 11 is 1.30. The summed E-state index contributed by atoms with van der Waals surface area (Å²) in [6, 6.07) is 15.1. The highest BCUT2D eigenvalue weighted by Gasteiger charge is 2.17. The van der Waals surface area contributed by atoms with Crippen molar-refractivity contribution in [3.05, 3.63) is 54.1 Å². The summed E-state index contributed by atoms with van der Waals surface area (Å²) in [5, 5.41) is 10.2. The Morgan fingerprint density at radius 2 is 1.89 bits per heavy atom. The van der Waals surface area contributed by atoms with Crippen LogP contribution in [0.25, 0.3) is 11.4 Å². The lowest BCUT2D eigenvalue weighted by atomic mass is 10.2. The number of nitrogens with one attached hydrogen (secondary N) is 2. The maximum absolute atomic E-state index is 12.4. The minimum atomic E-state index is -0.339. The normalized spacial score (nSPS) is 11.7. The molecule has 1 heterocycles. The van der Waals surface area contributed by atoms with Gasteiger partial charge in [0.2, 0.25) is 11.1 Å². The minimum absolute atomic E-state index is 0.0910. The van der Waals surface area contributed by atoms with Crippen molar-refractivity contribution in [1.82, 2.24) is 20.5 Å². The first-order valence-electron chi connectivity index (χ1n) is 8.73. The number of rotatable bonds is 8. The second kappa shape index (κ2) is 9.27. The van der Waals surface area contributed by atoms with Crippen molar-refractivity contribution in [2.75, 3.05) is 14.2 Å². The minimum Gasteiger partial charge on any atom is -0.497 e. The Bertz CT molecular complexity index is 927. The van der Waals surface area contributed by atoms with E-state index in [0.717, 1.165) is 22.6 Å². The molecule has 3 rings (SSSR count). The quantitative estimate of drug-likeness (QED) is 0.566. The number of nitrogens with zero attached hydrogens (tertiary/aromatic N) is 2. The lowest BCUT2D eigenvalue weighted by Crippen LogP contribution is -2.30. The van der Waals surface area contributed by atoms with Gasteiger partial charge in [-0.3, -0.25) is 9.89 Å². The number of thioether (sulfide) groups is 1. The van der Waals surface area contributed by atoms with Crippen LogP contribution in [0.15, 0.2) is 53.7 Å². The van der Waals surface area contributed by atoms with Crippen LogP contribution in [0.4, 0.5) is 0 Å². The molecule has 0 fully saturated rings. The number of methoxy groups -OCH3 is 2. The second-order valence-corrected chi connectivity index (χ2v) is 7.29. The van der Waals surface area contributed by atoms with E-state index < -0.39 is 0 Å². The lowest BCUT2D eigenvalue weighted by molar-refractivity contribution is -0.120. The van der Waals surface area contributed by atoms with Gasteiger partial charge in [-0.2, -0.15) is 0 Å². The topological polar surface area (TPSA) is 89.1 Å². The fraction of sp³-hybridized carbons (Fsp3) is 0.250. The summed E-state index contributed by atoms with van der Waals surface area (Å²) in [5.74, 6) is 2.08. The second-order valence-electron chi connectivity index (χ2n) is 5.98. The van der Waals surface area contributed by atoms with Gasteiger partial charge in [0, 0.05) is 17.7 Å². The molecular weight excluding hydrogens is 376 g/mol. The predicted octanol–water partition coefficient (Wildman–Crippen LogP) is 3.29. The molecule has 0 aliphatic carbocycles. The molecule has 2 aromatic carbocycles. The van der Waals surface area contributed by atoms with Crippen LogP contribution in [0.3, 0.4) is 0 Å². The molecule has 3 aromatic rings. The Morgan fingerprint density at radius 1 is 1.14 bits per heavy atom. The molecule has 146 valence electrons. The van der Waals surface area contributed by atoms with E-state index in [0.29, 0.717) is 17.5 Å². The van der Waals surface area contributed by atoms with Crippen molar-refractivity contribution in [2.45, 2.75) is 23.9 Å². The number of hydrogen-bond acceptors (Lipinski definition) is 6. The Balaban J connectivity index is 1.57. The van der Waals surface area contributed by atoms with Crippen molar-refractivity contribution < 1.29 is 14.3 Å². The summed E-state index contributed by atoms with van der Waals surface area (Å²) in [5.41, 5.74) is 1.82. The van der Waals surface area contributed by atoms with Gasteiger partial charge in [-0.1, -0.05) is 30.0 Å². The van der Waals surface area contributed by atoms with E-state index in [-0.39, 0.29) is 11.2 Å². The van der Waals surface area contributed by atoms with Gasteiger partial charge in [0.1, 0.15) is 11.5 Å². The van der Waals surface area contributed by atoms with Crippen LogP contribution in [0.1, 0.15) is 12.5 Å². The summed E-state index contributed by atoms with van der Waals surface area (Å²) in [4.78, 5) is 16.9. The van der Waals surface area contributed by atoms with Crippen LogP contribution in [0, 0.1) is 0 Å².